The maximum absolute atomic E-state index is 13.7. The van der Waals surface area contributed by atoms with Crippen molar-refractivity contribution in [2.75, 3.05) is 53.3 Å². The maximum atomic E-state index is 13.7. The first kappa shape index (κ1) is 28.9. The van der Waals surface area contributed by atoms with Crippen molar-refractivity contribution >= 4 is 11.9 Å². The first-order valence-electron chi connectivity index (χ1n) is 14.6. The van der Waals surface area contributed by atoms with Gasteiger partial charge < -0.3 is 33.7 Å². The van der Waals surface area contributed by atoms with Crippen molar-refractivity contribution in [2.45, 2.75) is 51.5 Å². The van der Waals surface area contributed by atoms with E-state index in [0.29, 0.717) is 61.6 Å². The molecule has 41 heavy (non-hydrogen) atoms. The van der Waals surface area contributed by atoms with Crippen molar-refractivity contribution in [3.05, 3.63) is 41.5 Å². The summed E-state index contributed by atoms with van der Waals surface area (Å²) in [6.45, 7) is 7.09. The second-order valence-electron chi connectivity index (χ2n) is 10.8. The van der Waals surface area contributed by atoms with E-state index in [0.717, 1.165) is 36.8 Å². The summed E-state index contributed by atoms with van der Waals surface area (Å²) in [6.07, 6.45) is 3.85. The molecule has 1 fully saturated rings. The number of aliphatic carboxylic acids is 1. The lowest BCUT2D eigenvalue weighted by Gasteiger charge is -2.30. The fourth-order valence-corrected chi connectivity index (χ4v) is 6.07. The van der Waals surface area contributed by atoms with E-state index >= 15 is 0 Å². The molecule has 10 nitrogen and oxygen atoms in total. The van der Waals surface area contributed by atoms with Gasteiger partial charge in [-0.1, -0.05) is 32.8 Å². The van der Waals surface area contributed by atoms with Crippen LogP contribution in [-0.4, -0.2) is 80.1 Å². The molecule has 3 aliphatic heterocycles. The number of unbranched alkanes of at least 4 members (excludes halogenated alkanes) is 2. The Morgan fingerprint density at radius 3 is 2.34 bits per heavy atom. The SMILES string of the molecule is CCCCN(CCCC)C(=O)CN1CC(c2cc(OC)c3c(c2)OCO3)C(C(=O)O)C1c1ccc2c(c1)OCCO2. The van der Waals surface area contributed by atoms with Gasteiger partial charge in [-0.25, -0.2) is 0 Å². The molecule has 3 aliphatic rings. The monoisotopic (exact) mass is 568 g/mol. The average Bonchev–Trinajstić information content (AvgIpc) is 3.61. The number of carbonyl (C=O) groups is 2. The van der Waals surface area contributed by atoms with Crippen molar-refractivity contribution < 1.29 is 38.4 Å². The third-order valence-electron chi connectivity index (χ3n) is 8.15. The molecule has 0 aromatic heterocycles. The minimum absolute atomic E-state index is 0.0162. The largest absolute Gasteiger partial charge is 0.493 e. The first-order valence-corrected chi connectivity index (χ1v) is 14.6. The third kappa shape index (κ3) is 6.02. The van der Waals surface area contributed by atoms with Crippen LogP contribution < -0.4 is 23.7 Å². The topological polar surface area (TPSA) is 107 Å². The number of carboxylic acids is 1. The number of methoxy groups -OCH3 is 1. The number of benzene rings is 2. The highest BCUT2D eigenvalue weighted by molar-refractivity contribution is 5.79. The molecule has 5 rings (SSSR count). The lowest BCUT2D eigenvalue weighted by molar-refractivity contribution is -0.144. The van der Waals surface area contributed by atoms with Crippen LogP contribution in [0.15, 0.2) is 30.3 Å². The van der Waals surface area contributed by atoms with Crippen molar-refractivity contribution in [2.24, 2.45) is 5.92 Å². The lowest BCUT2D eigenvalue weighted by atomic mass is 9.82. The Kier molecular flexibility index (Phi) is 9.07. The van der Waals surface area contributed by atoms with Crippen LogP contribution in [0.4, 0.5) is 0 Å². The van der Waals surface area contributed by atoms with Gasteiger partial charge in [0.25, 0.3) is 0 Å². The van der Waals surface area contributed by atoms with E-state index in [1.807, 2.05) is 40.1 Å². The Morgan fingerprint density at radius 1 is 0.951 bits per heavy atom. The van der Waals surface area contributed by atoms with Gasteiger partial charge in [0.2, 0.25) is 18.4 Å². The summed E-state index contributed by atoms with van der Waals surface area (Å²) in [5, 5.41) is 10.7. The van der Waals surface area contributed by atoms with Gasteiger partial charge in [-0.15, -0.1) is 0 Å². The van der Waals surface area contributed by atoms with Crippen molar-refractivity contribution in [3.8, 4) is 28.7 Å². The Hall–Kier alpha value is -3.66. The molecule has 1 N–H and O–H groups in total. The van der Waals surface area contributed by atoms with Gasteiger partial charge in [0, 0.05) is 31.6 Å². The number of ether oxygens (including phenoxy) is 5. The number of fused-ring (bicyclic) bond motifs is 2. The summed E-state index contributed by atoms with van der Waals surface area (Å²) in [5.74, 6) is 0.572. The van der Waals surface area contributed by atoms with Crippen LogP contribution in [0.1, 0.15) is 62.6 Å². The number of amides is 1. The zero-order chi connectivity index (χ0) is 28.9. The fraction of sp³-hybridized carbons (Fsp3) is 0.548. The van der Waals surface area contributed by atoms with Crippen LogP contribution in [0, 0.1) is 5.92 Å². The molecule has 0 bridgehead atoms. The van der Waals surface area contributed by atoms with E-state index in [1.165, 1.54) is 0 Å². The Balaban J connectivity index is 1.53. The highest BCUT2D eigenvalue weighted by Crippen LogP contribution is 2.51. The summed E-state index contributed by atoms with van der Waals surface area (Å²) in [6, 6.07) is 8.69. The van der Waals surface area contributed by atoms with E-state index in [9.17, 15) is 14.7 Å². The standard InChI is InChI=1S/C31H40N2O8/c1-4-6-10-32(11-7-5-2)27(34)18-33-17-22(21-15-25(37-3)30-26(16-21)40-19-41-30)28(31(35)36)29(33)20-8-9-23-24(14-20)39-13-12-38-23/h8-9,14-16,22,28-29H,4-7,10-13,17-19H2,1-3H3,(H,35,36). The molecular weight excluding hydrogens is 528 g/mol. The summed E-state index contributed by atoms with van der Waals surface area (Å²) >= 11 is 0. The first-order chi connectivity index (χ1) is 19.9. The normalized spacial score (nSPS) is 21.1. The summed E-state index contributed by atoms with van der Waals surface area (Å²) in [5.41, 5.74) is 1.54. The van der Waals surface area contributed by atoms with Gasteiger partial charge >= 0.3 is 5.97 Å². The predicted octanol–water partition coefficient (Wildman–Crippen LogP) is 4.47. The molecular formula is C31H40N2O8. The Labute approximate surface area is 241 Å². The van der Waals surface area contributed by atoms with Gasteiger partial charge in [-0.2, -0.15) is 0 Å². The van der Waals surface area contributed by atoms with Crippen molar-refractivity contribution in [1.82, 2.24) is 9.80 Å². The van der Waals surface area contributed by atoms with Crippen LogP contribution in [-0.2, 0) is 9.59 Å². The van der Waals surface area contributed by atoms with Crippen LogP contribution in [0.3, 0.4) is 0 Å². The minimum Gasteiger partial charge on any atom is -0.493 e. The molecule has 2 aromatic carbocycles. The number of carbonyl (C=O) groups excluding carboxylic acids is 1. The van der Waals surface area contributed by atoms with E-state index in [-0.39, 0.29) is 19.2 Å². The van der Waals surface area contributed by atoms with Crippen molar-refractivity contribution in [3.63, 3.8) is 0 Å². The lowest BCUT2D eigenvalue weighted by Crippen LogP contribution is -2.42. The van der Waals surface area contributed by atoms with Gasteiger partial charge in [-0.3, -0.25) is 14.5 Å². The number of likely N-dealkylation sites (tertiary alicyclic amines) is 1. The summed E-state index contributed by atoms with van der Waals surface area (Å²) in [7, 11) is 1.55. The molecule has 222 valence electrons. The minimum atomic E-state index is -0.935. The number of rotatable bonds is 12. The van der Waals surface area contributed by atoms with Crippen molar-refractivity contribution in [1.29, 1.82) is 0 Å². The van der Waals surface area contributed by atoms with Gasteiger partial charge in [0.1, 0.15) is 13.2 Å². The molecule has 2 aromatic rings. The van der Waals surface area contributed by atoms with Gasteiger partial charge in [0.05, 0.1) is 19.6 Å². The maximum Gasteiger partial charge on any atom is 0.309 e. The molecule has 0 spiro atoms. The second kappa shape index (κ2) is 12.9. The molecule has 1 amide bonds. The number of hydrogen-bond acceptors (Lipinski definition) is 8. The molecule has 0 radical (unpaired) electrons. The molecule has 0 aliphatic carbocycles. The van der Waals surface area contributed by atoms with E-state index in [1.54, 1.807) is 7.11 Å². The molecule has 3 heterocycles. The number of carboxylic acid groups (broad SMARTS) is 1. The van der Waals surface area contributed by atoms with Crippen LogP contribution in [0.25, 0.3) is 0 Å². The number of nitrogens with zero attached hydrogens (tertiary/aromatic N) is 2. The van der Waals surface area contributed by atoms with E-state index in [2.05, 4.69) is 13.8 Å². The third-order valence-corrected chi connectivity index (χ3v) is 8.15. The summed E-state index contributed by atoms with van der Waals surface area (Å²) < 4.78 is 28.3. The Bertz CT molecular complexity index is 1240. The van der Waals surface area contributed by atoms with Gasteiger partial charge in [0.15, 0.2) is 23.0 Å². The highest BCUT2D eigenvalue weighted by atomic mass is 16.7. The molecule has 0 saturated carbocycles. The zero-order valence-corrected chi connectivity index (χ0v) is 24.1. The Morgan fingerprint density at radius 2 is 1.66 bits per heavy atom. The highest BCUT2D eigenvalue weighted by Gasteiger charge is 2.49. The summed E-state index contributed by atoms with van der Waals surface area (Å²) in [4.78, 5) is 30.7. The quantitative estimate of drug-likeness (QED) is 0.397. The smallest absolute Gasteiger partial charge is 0.309 e. The molecule has 3 atom stereocenters. The zero-order valence-electron chi connectivity index (χ0n) is 24.1. The van der Waals surface area contributed by atoms with Crippen LogP contribution >= 0.6 is 0 Å². The second-order valence-corrected chi connectivity index (χ2v) is 10.8. The number of hydrogen-bond donors (Lipinski definition) is 1. The van der Waals surface area contributed by atoms with E-state index in [4.69, 9.17) is 23.7 Å². The molecule has 10 heteroatoms. The predicted molar refractivity (Wildman–Crippen MR) is 151 cm³/mol. The van der Waals surface area contributed by atoms with E-state index < -0.39 is 23.8 Å². The fourth-order valence-electron chi connectivity index (χ4n) is 6.07. The van der Waals surface area contributed by atoms with Crippen LogP contribution in [0.5, 0.6) is 28.7 Å². The molecule has 1 saturated heterocycles. The van der Waals surface area contributed by atoms with Gasteiger partial charge in [-0.05, 0) is 48.2 Å². The average molecular weight is 569 g/mol. The molecule has 3 unspecified atom stereocenters. The van der Waals surface area contributed by atoms with Crippen LogP contribution in [0.2, 0.25) is 0 Å².